The Labute approximate surface area is 150 Å². The first-order valence-electron chi connectivity index (χ1n) is 7.64. The molecule has 2 aromatic carbocycles. The Balaban J connectivity index is 1.72. The molecular formula is C18H16Cl2N2O2. The maximum absolute atomic E-state index is 12.6. The number of likely N-dealkylation sites (tertiary alicyclic amines) is 1. The van der Waals surface area contributed by atoms with E-state index in [0.29, 0.717) is 35.1 Å². The molecule has 2 aromatic rings. The molecule has 4 nitrogen and oxygen atoms in total. The van der Waals surface area contributed by atoms with Crippen LogP contribution in [0.15, 0.2) is 48.5 Å². The predicted molar refractivity (Wildman–Crippen MR) is 95.1 cm³/mol. The predicted octanol–water partition coefficient (Wildman–Crippen LogP) is 4.12. The van der Waals surface area contributed by atoms with Crippen LogP contribution in [-0.4, -0.2) is 22.8 Å². The third-order valence-corrected chi connectivity index (χ3v) is 4.75. The Bertz CT molecular complexity index is 765. The van der Waals surface area contributed by atoms with E-state index in [2.05, 4.69) is 5.32 Å². The monoisotopic (exact) mass is 362 g/mol. The molecule has 1 aliphatic rings. The van der Waals surface area contributed by atoms with E-state index in [1.165, 1.54) is 0 Å². The Hall–Kier alpha value is -2.04. The molecular weight excluding hydrogens is 347 g/mol. The fourth-order valence-electron chi connectivity index (χ4n) is 2.78. The van der Waals surface area contributed by atoms with Gasteiger partial charge in [0.15, 0.2) is 0 Å². The van der Waals surface area contributed by atoms with Crippen molar-refractivity contribution < 1.29 is 9.59 Å². The zero-order valence-electron chi connectivity index (χ0n) is 12.8. The number of benzene rings is 2. The molecule has 124 valence electrons. The third kappa shape index (κ3) is 3.71. The van der Waals surface area contributed by atoms with Gasteiger partial charge in [0.05, 0.1) is 10.0 Å². The molecule has 1 heterocycles. The molecule has 1 fully saturated rings. The first-order chi connectivity index (χ1) is 11.5. The van der Waals surface area contributed by atoms with E-state index < -0.39 is 6.04 Å². The van der Waals surface area contributed by atoms with Crippen molar-refractivity contribution >= 4 is 40.7 Å². The molecule has 0 aromatic heterocycles. The summed E-state index contributed by atoms with van der Waals surface area (Å²) in [6, 6.07) is 14.1. The van der Waals surface area contributed by atoms with E-state index in [0.717, 1.165) is 5.56 Å². The smallest absolute Gasteiger partial charge is 0.247 e. The Morgan fingerprint density at radius 1 is 1.12 bits per heavy atom. The average molecular weight is 363 g/mol. The number of carbonyl (C=O) groups excluding carboxylic acids is 2. The molecule has 1 unspecified atom stereocenters. The minimum Gasteiger partial charge on any atom is -0.326 e. The average Bonchev–Trinajstić information content (AvgIpc) is 2.93. The summed E-state index contributed by atoms with van der Waals surface area (Å²) in [7, 11) is 0. The number of hydrogen-bond acceptors (Lipinski definition) is 2. The Morgan fingerprint density at radius 2 is 1.88 bits per heavy atom. The summed E-state index contributed by atoms with van der Waals surface area (Å²) in [5.74, 6) is -0.219. The van der Waals surface area contributed by atoms with Crippen LogP contribution in [0.3, 0.4) is 0 Å². The number of nitrogens with one attached hydrogen (secondary N) is 1. The van der Waals surface area contributed by atoms with E-state index >= 15 is 0 Å². The summed E-state index contributed by atoms with van der Waals surface area (Å²) < 4.78 is 0. The van der Waals surface area contributed by atoms with Gasteiger partial charge in [-0.05, 0) is 30.2 Å². The van der Waals surface area contributed by atoms with Crippen molar-refractivity contribution in [2.24, 2.45) is 0 Å². The lowest BCUT2D eigenvalue weighted by molar-refractivity contribution is -0.133. The zero-order valence-corrected chi connectivity index (χ0v) is 14.3. The standard InChI is InChI=1S/C18H16Cl2N2O2/c19-14-7-6-13(10-15(14)20)21-18(24)16-8-9-17(23)22(16)11-12-4-2-1-3-5-12/h1-7,10,16H,8-9,11H2,(H,21,24). The summed E-state index contributed by atoms with van der Waals surface area (Å²) in [5, 5.41) is 3.61. The van der Waals surface area contributed by atoms with E-state index in [9.17, 15) is 9.59 Å². The molecule has 6 heteroatoms. The molecule has 1 aliphatic heterocycles. The van der Waals surface area contributed by atoms with Crippen molar-refractivity contribution in [2.75, 3.05) is 5.32 Å². The molecule has 0 bridgehead atoms. The summed E-state index contributed by atoms with van der Waals surface area (Å²) in [6.07, 6.45) is 0.894. The molecule has 0 radical (unpaired) electrons. The number of anilines is 1. The molecule has 0 spiro atoms. The van der Waals surface area contributed by atoms with Gasteiger partial charge in [-0.15, -0.1) is 0 Å². The normalized spacial score (nSPS) is 17.2. The summed E-state index contributed by atoms with van der Waals surface area (Å²) in [6.45, 7) is 0.430. The molecule has 1 saturated heterocycles. The third-order valence-electron chi connectivity index (χ3n) is 4.01. The minimum absolute atomic E-state index is 0.00635. The molecule has 2 amide bonds. The van der Waals surface area contributed by atoms with E-state index in [1.54, 1.807) is 23.1 Å². The van der Waals surface area contributed by atoms with Crippen LogP contribution < -0.4 is 5.32 Å². The maximum atomic E-state index is 12.6. The highest BCUT2D eigenvalue weighted by Gasteiger charge is 2.35. The lowest BCUT2D eigenvalue weighted by Crippen LogP contribution is -2.41. The van der Waals surface area contributed by atoms with Crippen LogP contribution in [0.5, 0.6) is 0 Å². The topological polar surface area (TPSA) is 49.4 Å². The van der Waals surface area contributed by atoms with E-state index in [4.69, 9.17) is 23.2 Å². The fourth-order valence-corrected chi connectivity index (χ4v) is 3.08. The summed E-state index contributed by atoms with van der Waals surface area (Å²) in [4.78, 5) is 26.4. The lowest BCUT2D eigenvalue weighted by atomic mass is 10.1. The molecule has 24 heavy (non-hydrogen) atoms. The van der Waals surface area contributed by atoms with Crippen molar-refractivity contribution in [3.8, 4) is 0 Å². The van der Waals surface area contributed by atoms with Crippen molar-refractivity contribution in [1.82, 2.24) is 4.90 Å². The van der Waals surface area contributed by atoms with Gasteiger partial charge in [0.1, 0.15) is 6.04 Å². The number of rotatable bonds is 4. The largest absolute Gasteiger partial charge is 0.326 e. The number of halogens is 2. The first-order valence-corrected chi connectivity index (χ1v) is 8.39. The van der Waals surface area contributed by atoms with Crippen molar-refractivity contribution in [1.29, 1.82) is 0 Å². The zero-order chi connectivity index (χ0) is 17.1. The molecule has 1 atom stereocenters. The minimum atomic E-state index is -0.479. The Kier molecular flexibility index (Phi) is 5.07. The summed E-state index contributed by atoms with van der Waals surface area (Å²) in [5.41, 5.74) is 1.56. The second kappa shape index (κ2) is 7.24. The second-order valence-corrected chi connectivity index (χ2v) is 6.49. The SMILES string of the molecule is O=C(Nc1ccc(Cl)c(Cl)c1)C1CCC(=O)N1Cc1ccccc1. The van der Waals surface area contributed by atoms with Crippen LogP contribution in [0.4, 0.5) is 5.69 Å². The van der Waals surface area contributed by atoms with Gasteiger partial charge in [-0.25, -0.2) is 0 Å². The molecule has 3 rings (SSSR count). The molecule has 1 N–H and O–H groups in total. The first kappa shape index (κ1) is 16.8. The lowest BCUT2D eigenvalue weighted by Gasteiger charge is -2.24. The van der Waals surface area contributed by atoms with E-state index in [1.807, 2.05) is 30.3 Å². The van der Waals surface area contributed by atoms with Crippen LogP contribution in [0.2, 0.25) is 10.0 Å². The van der Waals surface area contributed by atoms with Crippen LogP contribution in [0, 0.1) is 0 Å². The fraction of sp³-hybridized carbons (Fsp3) is 0.222. The van der Waals surface area contributed by atoms with Crippen LogP contribution in [0.1, 0.15) is 18.4 Å². The van der Waals surface area contributed by atoms with Gasteiger partial charge < -0.3 is 10.2 Å². The maximum Gasteiger partial charge on any atom is 0.247 e. The van der Waals surface area contributed by atoms with Gasteiger partial charge in [-0.1, -0.05) is 53.5 Å². The highest BCUT2D eigenvalue weighted by Crippen LogP contribution is 2.27. The highest BCUT2D eigenvalue weighted by molar-refractivity contribution is 6.42. The highest BCUT2D eigenvalue weighted by atomic mass is 35.5. The van der Waals surface area contributed by atoms with Gasteiger partial charge in [-0.3, -0.25) is 9.59 Å². The van der Waals surface area contributed by atoms with Crippen molar-refractivity contribution in [3.63, 3.8) is 0 Å². The van der Waals surface area contributed by atoms with Crippen LogP contribution >= 0.6 is 23.2 Å². The van der Waals surface area contributed by atoms with E-state index in [-0.39, 0.29) is 11.8 Å². The molecule has 0 saturated carbocycles. The van der Waals surface area contributed by atoms with Crippen LogP contribution in [0.25, 0.3) is 0 Å². The van der Waals surface area contributed by atoms with Crippen LogP contribution in [-0.2, 0) is 16.1 Å². The van der Waals surface area contributed by atoms with Crippen molar-refractivity contribution in [2.45, 2.75) is 25.4 Å². The number of amides is 2. The quantitative estimate of drug-likeness (QED) is 0.888. The van der Waals surface area contributed by atoms with Gasteiger partial charge >= 0.3 is 0 Å². The summed E-state index contributed by atoms with van der Waals surface area (Å²) >= 11 is 11.8. The number of hydrogen-bond donors (Lipinski definition) is 1. The second-order valence-electron chi connectivity index (χ2n) is 5.68. The number of nitrogens with zero attached hydrogens (tertiary/aromatic N) is 1. The van der Waals surface area contributed by atoms with Crippen molar-refractivity contribution in [3.05, 3.63) is 64.1 Å². The Morgan fingerprint density at radius 3 is 2.58 bits per heavy atom. The van der Waals surface area contributed by atoms with Gasteiger partial charge in [-0.2, -0.15) is 0 Å². The number of carbonyl (C=O) groups is 2. The molecule has 0 aliphatic carbocycles. The van der Waals surface area contributed by atoms with Gasteiger partial charge in [0, 0.05) is 18.7 Å². The van der Waals surface area contributed by atoms with Gasteiger partial charge in [0.2, 0.25) is 11.8 Å². The van der Waals surface area contributed by atoms with Gasteiger partial charge in [0.25, 0.3) is 0 Å².